The van der Waals surface area contributed by atoms with Crippen LogP contribution in [0.1, 0.15) is 38.2 Å². The fourth-order valence-electron chi connectivity index (χ4n) is 3.61. The Bertz CT molecular complexity index is 795. The number of rotatable bonds is 5. The third kappa shape index (κ3) is 4.59. The average molecular weight is 439 g/mol. The van der Waals surface area contributed by atoms with Crippen LogP contribution in [0.2, 0.25) is 5.02 Å². The molecule has 0 aliphatic carbocycles. The first-order chi connectivity index (χ1) is 13.4. The smallest absolute Gasteiger partial charge is 0.266 e. The van der Waals surface area contributed by atoms with Gasteiger partial charge in [0, 0.05) is 24.2 Å². The van der Waals surface area contributed by atoms with Crippen LogP contribution in [0.4, 0.5) is 0 Å². The molecule has 0 aromatic heterocycles. The highest BCUT2D eigenvalue weighted by Gasteiger charge is 2.40. The van der Waals surface area contributed by atoms with Crippen LogP contribution >= 0.6 is 35.6 Å². The summed E-state index contributed by atoms with van der Waals surface area (Å²) in [5.41, 5.74) is 0.850. The molecule has 2 saturated heterocycles. The van der Waals surface area contributed by atoms with Crippen LogP contribution in [0.15, 0.2) is 29.2 Å². The number of amides is 2. The molecule has 2 heterocycles. The van der Waals surface area contributed by atoms with Crippen LogP contribution in [0.5, 0.6) is 0 Å². The van der Waals surface area contributed by atoms with Crippen molar-refractivity contribution in [3.05, 3.63) is 39.8 Å². The van der Waals surface area contributed by atoms with E-state index in [0.717, 1.165) is 24.8 Å². The van der Waals surface area contributed by atoms with E-state index in [-0.39, 0.29) is 24.5 Å². The summed E-state index contributed by atoms with van der Waals surface area (Å²) in [6, 6.07) is 6.54. The lowest BCUT2D eigenvalue weighted by Gasteiger charge is -2.38. The van der Waals surface area contributed by atoms with Gasteiger partial charge >= 0.3 is 0 Å². The van der Waals surface area contributed by atoms with E-state index < -0.39 is 6.04 Å². The molecule has 2 aliphatic heterocycles. The topological polar surface area (TPSA) is 60.9 Å². The van der Waals surface area contributed by atoms with Crippen molar-refractivity contribution in [2.75, 3.05) is 13.2 Å². The highest BCUT2D eigenvalue weighted by atomic mass is 35.5. The van der Waals surface area contributed by atoms with Gasteiger partial charge in [-0.1, -0.05) is 47.7 Å². The van der Waals surface area contributed by atoms with Crippen molar-refractivity contribution in [3.63, 3.8) is 0 Å². The van der Waals surface area contributed by atoms with Gasteiger partial charge in [0.2, 0.25) is 5.91 Å². The Hall–Kier alpha value is -1.41. The molecule has 150 valence electrons. The quantitative estimate of drug-likeness (QED) is 0.561. The number of aliphatic hydroxyl groups is 1. The minimum atomic E-state index is -0.664. The number of carbonyl (C=O) groups excluding carboxylic acids is 2. The molecule has 2 atom stereocenters. The molecule has 5 nitrogen and oxygen atoms in total. The van der Waals surface area contributed by atoms with Gasteiger partial charge in [-0.2, -0.15) is 0 Å². The van der Waals surface area contributed by atoms with Gasteiger partial charge in [0.15, 0.2) is 0 Å². The Labute approximate surface area is 179 Å². The Kier molecular flexibility index (Phi) is 7.15. The summed E-state index contributed by atoms with van der Waals surface area (Å²) >= 11 is 12.5. The summed E-state index contributed by atoms with van der Waals surface area (Å²) in [6.45, 7) is 2.43. The normalized spacial score (nSPS) is 22.8. The number of thioether (sulfide) groups is 1. The Morgan fingerprint density at radius 1 is 1.39 bits per heavy atom. The van der Waals surface area contributed by atoms with E-state index in [1.807, 2.05) is 17.0 Å². The fraction of sp³-hybridized carbons (Fsp3) is 0.450. The largest absolute Gasteiger partial charge is 0.396 e. The number of hydrogen-bond donors (Lipinski definition) is 1. The molecular formula is C20H23ClN2O3S2. The Morgan fingerprint density at radius 3 is 2.79 bits per heavy atom. The van der Waals surface area contributed by atoms with Crippen molar-refractivity contribution >= 4 is 57.8 Å². The van der Waals surface area contributed by atoms with Gasteiger partial charge in [0.1, 0.15) is 10.4 Å². The van der Waals surface area contributed by atoms with Crippen molar-refractivity contribution in [2.45, 2.75) is 44.7 Å². The SMILES string of the molecule is C[C@H](C(=O)N1CCCC[C@@H]1CCO)N1C(=O)/C(=C/c2ccc(Cl)cc2)SC1=S. The molecular weight excluding hydrogens is 416 g/mol. The lowest BCUT2D eigenvalue weighted by atomic mass is 9.98. The molecule has 0 bridgehead atoms. The predicted octanol–water partition coefficient (Wildman–Crippen LogP) is 3.69. The average Bonchev–Trinajstić information content (AvgIpc) is 2.96. The predicted molar refractivity (Wildman–Crippen MR) is 117 cm³/mol. The number of carbonyl (C=O) groups is 2. The maximum Gasteiger partial charge on any atom is 0.266 e. The summed E-state index contributed by atoms with van der Waals surface area (Å²) in [4.78, 5) is 29.8. The first kappa shape index (κ1) is 21.3. The lowest BCUT2D eigenvalue weighted by molar-refractivity contribution is -0.142. The van der Waals surface area contributed by atoms with Crippen molar-refractivity contribution < 1.29 is 14.7 Å². The van der Waals surface area contributed by atoms with Crippen molar-refractivity contribution in [1.29, 1.82) is 0 Å². The maximum atomic E-state index is 13.1. The number of hydrogen-bond acceptors (Lipinski definition) is 5. The number of benzene rings is 1. The first-order valence-corrected chi connectivity index (χ1v) is 11.0. The van der Waals surface area contributed by atoms with Crippen LogP contribution in [0.25, 0.3) is 6.08 Å². The number of nitrogens with zero attached hydrogens (tertiary/aromatic N) is 2. The van der Waals surface area contributed by atoms with Gasteiger partial charge in [-0.15, -0.1) is 0 Å². The summed E-state index contributed by atoms with van der Waals surface area (Å²) in [5.74, 6) is -0.358. The molecule has 0 saturated carbocycles. The summed E-state index contributed by atoms with van der Waals surface area (Å²) in [6.07, 6.45) is 5.20. The maximum absolute atomic E-state index is 13.1. The fourth-order valence-corrected chi connectivity index (χ4v) is 5.16. The van der Waals surface area contributed by atoms with Gasteiger partial charge in [-0.25, -0.2) is 0 Å². The molecule has 0 unspecified atom stereocenters. The van der Waals surface area contributed by atoms with E-state index in [1.54, 1.807) is 25.1 Å². The third-order valence-electron chi connectivity index (χ3n) is 5.11. The number of thiocarbonyl (C=S) groups is 1. The second-order valence-corrected chi connectivity index (χ2v) is 9.08. The van der Waals surface area contributed by atoms with E-state index >= 15 is 0 Å². The molecule has 1 aromatic carbocycles. The molecule has 2 fully saturated rings. The Morgan fingerprint density at radius 2 is 2.11 bits per heavy atom. The van der Waals surface area contributed by atoms with Gasteiger partial charge in [0.05, 0.1) is 4.91 Å². The lowest BCUT2D eigenvalue weighted by Crippen LogP contribution is -2.53. The van der Waals surface area contributed by atoms with Crippen LogP contribution in [0, 0.1) is 0 Å². The Balaban J connectivity index is 1.76. The summed E-state index contributed by atoms with van der Waals surface area (Å²) < 4.78 is 0.391. The number of likely N-dealkylation sites (tertiary alicyclic amines) is 1. The molecule has 1 N–H and O–H groups in total. The zero-order valence-electron chi connectivity index (χ0n) is 15.6. The van der Waals surface area contributed by atoms with Crippen molar-refractivity contribution in [2.24, 2.45) is 0 Å². The zero-order valence-corrected chi connectivity index (χ0v) is 18.0. The number of aliphatic hydroxyl groups excluding tert-OH is 1. The zero-order chi connectivity index (χ0) is 20.3. The molecule has 8 heteroatoms. The van der Waals surface area contributed by atoms with Gasteiger partial charge in [0.25, 0.3) is 5.91 Å². The minimum absolute atomic E-state index is 0.0247. The van der Waals surface area contributed by atoms with E-state index in [0.29, 0.717) is 27.2 Å². The third-order valence-corrected chi connectivity index (χ3v) is 6.69. The highest BCUT2D eigenvalue weighted by molar-refractivity contribution is 8.26. The summed E-state index contributed by atoms with van der Waals surface area (Å²) in [7, 11) is 0. The highest BCUT2D eigenvalue weighted by Crippen LogP contribution is 2.35. The van der Waals surface area contributed by atoms with Crippen LogP contribution in [-0.4, -0.2) is 56.3 Å². The van der Waals surface area contributed by atoms with Gasteiger partial charge in [-0.3, -0.25) is 14.5 Å². The van der Waals surface area contributed by atoms with Gasteiger partial charge in [-0.05, 0) is 56.4 Å². The van der Waals surface area contributed by atoms with E-state index in [2.05, 4.69) is 0 Å². The second kappa shape index (κ2) is 9.39. The molecule has 0 spiro atoms. The van der Waals surface area contributed by atoms with Crippen LogP contribution in [-0.2, 0) is 9.59 Å². The van der Waals surface area contributed by atoms with Crippen molar-refractivity contribution in [3.8, 4) is 0 Å². The molecule has 2 amide bonds. The molecule has 28 heavy (non-hydrogen) atoms. The van der Waals surface area contributed by atoms with Crippen LogP contribution < -0.4 is 0 Å². The van der Waals surface area contributed by atoms with Gasteiger partial charge < -0.3 is 10.0 Å². The van der Waals surface area contributed by atoms with E-state index in [9.17, 15) is 14.7 Å². The van der Waals surface area contributed by atoms with E-state index in [4.69, 9.17) is 23.8 Å². The minimum Gasteiger partial charge on any atom is -0.396 e. The number of halogens is 1. The van der Waals surface area contributed by atoms with Crippen LogP contribution in [0.3, 0.4) is 0 Å². The summed E-state index contributed by atoms with van der Waals surface area (Å²) in [5, 5.41) is 9.93. The molecule has 2 aliphatic rings. The number of piperidine rings is 1. The molecule has 0 radical (unpaired) electrons. The van der Waals surface area contributed by atoms with E-state index in [1.165, 1.54) is 16.7 Å². The molecule has 1 aromatic rings. The molecule has 3 rings (SSSR count). The van der Waals surface area contributed by atoms with Crippen molar-refractivity contribution in [1.82, 2.24) is 9.80 Å². The first-order valence-electron chi connectivity index (χ1n) is 9.36. The standard InChI is InChI=1S/C20H23ClN2O3S2/c1-13(18(25)22-10-3-2-4-16(22)9-11-24)23-19(26)17(28-20(23)27)12-14-5-7-15(21)8-6-14/h5-8,12-13,16,24H,2-4,9-11H2,1H3/b17-12-/t13-,16-/m1/s1. The second-order valence-electron chi connectivity index (χ2n) is 6.97. The monoisotopic (exact) mass is 438 g/mol.